The number of pyridine rings is 1. The third kappa shape index (κ3) is 2.83. The van der Waals surface area contributed by atoms with Gasteiger partial charge in [-0.25, -0.2) is 4.98 Å². The Morgan fingerprint density at radius 2 is 2.19 bits per heavy atom. The normalized spacial score (nSPS) is 19.0. The molecule has 1 aromatic carbocycles. The van der Waals surface area contributed by atoms with Crippen LogP contribution in [0.4, 0.5) is 5.82 Å². The number of nitrogens with one attached hydrogen (secondary N) is 1. The molecule has 2 heterocycles. The summed E-state index contributed by atoms with van der Waals surface area (Å²) in [6.45, 7) is 2.86. The first-order valence-electron chi connectivity index (χ1n) is 7.25. The van der Waals surface area contributed by atoms with E-state index < -0.39 is 0 Å². The lowest BCUT2D eigenvalue weighted by Gasteiger charge is -2.13. The summed E-state index contributed by atoms with van der Waals surface area (Å²) in [5.41, 5.74) is 6.45. The molecular weight excluding hydrogens is 264 g/mol. The lowest BCUT2D eigenvalue weighted by atomic mass is 10.1. The van der Waals surface area contributed by atoms with Gasteiger partial charge in [0, 0.05) is 24.7 Å². The fourth-order valence-corrected chi connectivity index (χ4v) is 2.92. The van der Waals surface area contributed by atoms with Crippen LogP contribution in [0.15, 0.2) is 30.5 Å². The van der Waals surface area contributed by atoms with Gasteiger partial charge in [0.05, 0.1) is 5.56 Å². The Morgan fingerprint density at radius 3 is 2.90 bits per heavy atom. The van der Waals surface area contributed by atoms with E-state index in [1.807, 2.05) is 24.3 Å². The Balaban J connectivity index is 1.77. The van der Waals surface area contributed by atoms with E-state index in [2.05, 4.69) is 22.2 Å². The number of carbonyl (C=O) groups excluding carboxylic acids is 1. The average molecular weight is 284 g/mol. The molecule has 5 nitrogen and oxygen atoms in total. The summed E-state index contributed by atoms with van der Waals surface area (Å²) in [5.74, 6) is 0.916. The van der Waals surface area contributed by atoms with Gasteiger partial charge in [0.15, 0.2) is 0 Å². The van der Waals surface area contributed by atoms with Crippen molar-refractivity contribution in [2.45, 2.75) is 6.42 Å². The zero-order chi connectivity index (χ0) is 14.8. The van der Waals surface area contributed by atoms with Crippen LogP contribution in [0, 0.1) is 5.92 Å². The first-order chi connectivity index (χ1) is 10.1. The Kier molecular flexibility index (Phi) is 3.75. The minimum Gasteiger partial charge on any atom is -0.383 e. The van der Waals surface area contributed by atoms with E-state index in [1.165, 1.54) is 0 Å². The molecule has 1 saturated heterocycles. The molecule has 21 heavy (non-hydrogen) atoms. The standard InChI is InChI=1S/C16H20N4O/c1-20-7-6-11(10-20)8-19-16(21)14-9-18-15(17)13-5-3-2-4-12(13)14/h2-5,9,11H,6-8,10H2,1H3,(H2,17,18)(H,19,21). The minimum absolute atomic E-state index is 0.0757. The summed E-state index contributed by atoms with van der Waals surface area (Å²) >= 11 is 0. The SMILES string of the molecule is CN1CCC(CNC(=O)c2cnc(N)c3ccccc23)C1. The number of anilines is 1. The van der Waals surface area contributed by atoms with Crippen LogP contribution < -0.4 is 11.1 Å². The van der Waals surface area contributed by atoms with E-state index in [1.54, 1.807) is 6.20 Å². The third-order valence-electron chi connectivity index (χ3n) is 4.11. The van der Waals surface area contributed by atoms with Crippen molar-refractivity contribution in [1.29, 1.82) is 0 Å². The van der Waals surface area contributed by atoms with Gasteiger partial charge in [-0.2, -0.15) is 0 Å². The molecule has 1 fully saturated rings. The highest BCUT2D eigenvalue weighted by atomic mass is 16.1. The number of hydrogen-bond acceptors (Lipinski definition) is 4. The molecule has 1 unspecified atom stereocenters. The third-order valence-corrected chi connectivity index (χ3v) is 4.11. The monoisotopic (exact) mass is 284 g/mol. The highest BCUT2D eigenvalue weighted by Crippen LogP contribution is 2.22. The van der Waals surface area contributed by atoms with Gasteiger partial charge in [-0.15, -0.1) is 0 Å². The van der Waals surface area contributed by atoms with Gasteiger partial charge in [-0.3, -0.25) is 4.79 Å². The molecule has 110 valence electrons. The van der Waals surface area contributed by atoms with E-state index in [-0.39, 0.29) is 5.91 Å². The number of rotatable bonds is 3. The fourth-order valence-electron chi connectivity index (χ4n) is 2.92. The average Bonchev–Trinajstić information content (AvgIpc) is 2.91. The number of nitrogens with two attached hydrogens (primary N) is 1. The fraction of sp³-hybridized carbons (Fsp3) is 0.375. The van der Waals surface area contributed by atoms with Gasteiger partial charge in [-0.1, -0.05) is 24.3 Å². The summed E-state index contributed by atoms with van der Waals surface area (Å²) in [4.78, 5) is 18.8. The molecule has 0 bridgehead atoms. The Hall–Kier alpha value is -2.14. The number of nitrogen functional groups attached to an aromatic ring is 1. The summed E-state index contributed by atoms with van der Waals surface area (Å²) in [5, 5.41) is 4.70. The summed E-state index contributed by atoms with van der Waals surface area (Å²) in [7, 11) is 2.11. The maximum absolute atomic E-state index is 12.4. The molecule has 0 aliphatic carbocycles. The number of likely N-dealkylation sites (tertiary alicyclic amines) is 1. The number of nitrogens with zero attached hydrogens (tertiary/aromatic N) is 2. The van der Waals surface area contributed by atoms with Gasteiger partial charge in [0.25, 0.3) is 5.91 Å². The molecule has 3 rings (SSSR count). The lowest BCUT2D eigenvalue weighted by Crippen LogP contribution is -2.30. The van der Waals surface area contributed by atoms with Crippen LogP contribution in [0.2, 0.25) is 0 Å². The van der Waals surface area contributed by atoms with E-state index >= 15 is 0 Å². The predicted molar refractivity (Wildman–Crippen MR) is 84.1 cm³/mol. The van der Waals surface area contributed by atoms with Crippen LogP contribution in [0.5, 0.6) is 0 Å². The van der Waals surface area contributed by atoms with Crippen molar-refractivity contribution in [2.75, 3.05) is 32.4 Å². The van der Waals surface area contributed by atoms with E-state index in [0.29, 0.717) is 23.8 Å². The maximum atomic E-state index is 12.4. The number of aromatic nitrogens is 1. The van der Waals surface area contributed by atoms with Crippen LogP contribution in [-0.4, -0.2) is 42.5 Å². The molecular formula is C16H20N4O. The molecule has 0 radical (unpaired) electrons. The van der Waals surface area contributed by atoms with E-state index in [9.17, 15) is 4.79 Å². The number of amides is 1. The molecule has 0 spiro atoms. The first-order valence-corrected chi connectivity index (χ1v) is 7.25. The zero-order valence-corrected chi connectivity index (χ0v) is 12.2. The molecule has 5 heteroatoms. The Bertz CT molecular complexity index is 670. The van der Waals surface area contributed by atoms with Crippen LogP contribution in [0.1, 0.15) is 16.8 Å². The second kappa shape index (κ2) is 5.69. The molecule has 1 atom stereocenters. The first kappa shape index (κ1) is 13.8. The molecule has 3 N–H and O–H groups in total. The predicted octanol–water partition coefficient (Wildman–Crippen LogP) is 1.50. The highest BCUT2D eigenvalue weighted by molar-refractivity contribution is 6.08. The number of hydrogen-bond donors (Lipinski definition) is 2. The summed E-state index contributed by atoms with van der Waals surface area (Å²) in [6, 6.07) is 7.60. The maximum Gasteiger partial charge on any atom is 0.253 e. The highest BCUT2D eigenvalue weighted by Gasteiger charge is 2.20. The molecule has 1 aromatic heterocycles. The van der Waals surface area contributed by atoms with Crippen molar-refractivity contribution in [3.63, 3.8) is 0 Å². The van der Waals surface area contributed by atoms with Crippen molar-refractivity contribution in [3.05, 3.63) is 36.0 Å². The molecule has 1 aliphatic heterocycles. The second-order valence-electron chi connectivity index (χ2n) is 5.73. The van der Waals surface area contributed by atoms with Crippen molar-refractivity contribution in [1.82, 2.24) is 15.2 Å². The van der Waals surface area contributed by atoms with Gasteiger partial charge in [0.1, 0.15) is 5.82 Å². The molecule has 1 amide bonds. The second-order valence-corrected chi connectivity index (χ2v) is 5.73. The van der Waals surface area contributed by atoms with Crippen molar-refractivity contribution in [2.24, 2.45) is 5.92 Å². The van der Waals surface area contributed by atoms with Crippen LogP contribution in [-0.2, 0) is 0 Å². The van der Waals surface area contributed by atoms with Gasteiger partial charge in [0.2, 0.25) is 0 Å². The Labute approximate surface area is 124 Å². The van der Waals surface area contributed by atoms with Crippen LogP contribution in [0.25, 0.3) is 10.8 Å². The number of fused-ring (bicyclic) bond motifs is 1. The number of benzene rings is 1. The van der Waals surface area contributed by atoms with Gasteiger partial charge < -0.3 is 16.0 Å². The van der Waals surface area contributed by atoms with Crippen molar-refractivity contribution in [3.8, 4) is 0 Å². The zero-order valence-electron chi connectivity index (χ0n) is 12.2. The van der Waals surface area contributed by atoms with E-state index in [4.69, 9.17) is 5.73 Å². The van der Waals surface area contributed by atoms with Gasteiger partial charge >= 0.3 is 0 Å². The summed E-state index contributed by atoms with van der Waals surface area (Å²) in [6.07, 6.45) is 2.70. The quantitative estimate of drug-likeness (QED) is 0.896. The van der Waals surface area contributed by atoms with Crippen molar-refractivity contribution < 1.29 is 4.79 Å². The van der Waals surface area contributed by atoms with Gasteiger partial charge in [-0.05, 0) is 31.3 Å². The Morgan fingerprint density at radius 1 is 1.43 bits per heavy atom. The van der Waals surface area contributed by atoms with E-state index in [0.717, 1.165) is 30.3 Å². The smallest absolute Gasteiger partial charge is 0.253 e. The van der Waals surface area contributed by atoms with Crippen LogP contribution >= 0.6 is 0 Å². The molecule has 2 aromatic rings. The minimum atomic E-state index is -0.0757. The topological polar surface area (TPSA) is 71.2 Å². The van der Waals surface area contributed by atoms with Crippen LogP contribution in [0.3, 0.4) is 0 Å². The van der Waals surface area contributed by atoms with Crippen molar-refractivity contribution >= 4 is 22.5 Å². The molecule has 1 aliphatic rings. The lowest BCUT2D eigenvalue weighted by molar-refractivity contribution is 0.0949. The summed E-state index contributed by atoms with van der Waals surface area (Å²) < 4.78 is 0. The number of carbonyl (C=O) groups is 1. The largest absolute Gasteiger partial charge is 0.383 e. The molecule has 0 saturated carbocycles.